The van der Waals surface area contributed by atoms with Crippen molar-refractivity contribution in [1.82, 2.24) is 0 Å². The summed E-state index contributed by atoms with van der Waals surface area (Å²) in [6.07, 6.45) is -0.681. The van der Waals surface area contributed by atoms with Gasteiger partial charge >= 0.3 is 6.16 Å². The van der Waals surface area contributed by atoms with Crippen LogP contribution in [0.25, 0.3) is 0 Å². The molecular formula is C21H27NO4. The molecule has 0 aliphatic rings. The Labute approximate surface area is 155 Å². The van der Waals surface area contributed by atoms with Gasteiger partial charge in [-0.05, 0) is 36.6 Å². The number of likely N-dealkylation sites (N-methyl/N-ethyl adjacent to an activating group) is 1. The Bertz CT molecular complexity index is 715. The van der Waals surface area contributed by atoms with Crippen molar-refractivity contribution in [3.05, 3.63) is 54.1 Å². The van der Waals surface area contributed by atoms with Crippen molar-refractivity contribution < 1.29 is 19.0 Å². The van der Waals surface area contributed by atoms with Crippen molar-refractivity contribution in [2.24, 2.45) is 0 Å². The van der Waals surface area contributed by atoms with E-state index in [1.807, 2.05) is 42.5 Å². The number of rotatable bonds is 8. The molecule has 0 atom stereocenters. The van der Waals surface area contributed by atoms with Gasteiger partial charge in [0.2, 0.25) is 0 Å². The van der Waals surface area contributed by atoms with E-state index < -0.39 is 6.16 Å². The van der Waals surface area contributed by atoms with Gasteiger partial charge in [0, 0.05) is 18.3 Å². The first kappa shape index (κ1) is 19.6. The topological polar surface area (TPSA) is 48.0 Å². The molecule has 0 fully saturated rings. The van der Waals surface area contributed by atoms with Crippen LogP contribution in [-0.4, -0.2) is 33.0 Å². The van der Waals surface area contributed by atoms with E-state index in [9.17, 15) is 4.79 Å². The third-order valence-corrected chi connectivity index (χ3v) is 4.12. The molecule has 0 aliphatic carbocycles. The monoisotopic (exact) mass is 357 g/mol. The van der Waals surface area contributed by atoms with Crippen molar-refractivity contribution in [3.63, 3.8) is 0 Å². The van der Waals surface area contributed by atoms with E-state index in [4.69, 9.17) is 14.2 Å². The fraction of sp³-hybridized carbons (Fsp3) is 0.381. The summed E-state index contributed by atoms with van der Waals surface area (Å²) in [6, 6.07) is 15.3. The summed E-state index contributed by atoms with van der Waals surface area (Å²) < 4.78 is 15.9. The highest BCUT2D eigenvalue weighted by Crippen LogP contribution is 2.26. The van der Waals surface area contributed by atoms with Crippen molar-refractivity contribution >= 4 is 11.8 Å². The van der Waals surface area contributed by atoms with Gasteiger partial charge in [0.1, 0.15) is 18.1 Å². The van der Waals surface area contributed by atoms with Crippen molar-refractivity contribution in [3.8, 4) is 11.5 Å². The van der Waals surface area contributed by atoms with Crippen LogP contribution in [0, 0.1) is 0 Å². The van der Waals surface area contributed by atoms with Crippen LogP contribution in [0.3, 0.4) is 0 Å². The Morgan fingerprint density at radius 3 is 2.58 bits per heavy atom. The van der Waals surface area contributed by atoms with Crippen LogP contribution >= 0.6 is 0 Å². The summed E-state index contributed by atoms with van der Waals surface area (Å²) >= 11 is 0. The second-order valence-electron chi connectivity index (χ2n) is 6.17. The second kappa shape index (κ2) is 9.70. The van der Waals surface area contributed by atoms with Crippen LogP contribution in [-0.2, 0) is 4.74 Å². The highest BCUT2D eigenvalue weighted by atomic mass is 16.7. The van der Waals surface area contributed by atoms with Crippen molar-refractivity contribution in [2.45, 2.75) is 26.7 Å². The number of anilines is 1. The van der Waals surface area contributed by atoms with Gasteiger partial charge in [0.25, 0.3) is 0 Å². The van der Waals surface area contributed by atoms with Crippen LogP contribution in [0.5, 0.6) is 11.5 Å². The molecular weight excluding hydrogens is 330 g/mol. The lowest BCUT2D eigenvalue weighted by molar-refractivity contribution is 0.101. The molecule has 0 aliphatic heterocycles. The van der Waals surface area contributed by atoms with Crippen molar-refractivity contribution in [2.75, 3.05) is 31.7 Å². The number of benzene rings is 2. The summed E-state index contributed by atoms with van der Waals surface area (Å²) in [5.41, 5.74) is 2.00. The predicted molar refractivity (Wildman–Crippen MR) is 103 cm³/mol. The standard InChI is InChI=1S/C21H27NO4/c1-5-22(17-9-8-10-18(15-17)24-4)13-14-25-21(23)26-20-12-7-6-11-19(20)16(2)3/h6-12,15-16H,5,13-14H2,1-4H3. The number of para-hydroxylation sites is 1. The zero-order chi connectivity index (χ0) is 18.9. The maximum Gasteiger partial charge on any atom is 0.513 e. The summed E-state index contributed by atoms with van der Waals surface area (Å²) in [5.74, 6) is 1.61. The van der Waals surface area contributed by atoms with E-state index in [2.05, 4.69) is 25.7 Å². The second-order valence-corrected chi connectivity index (χ2v) is 6.17. The highest BCUT2D eigenvalue weighted by Gasteiger charge is 2.13. The lowest BCUT2D eigenvalue weighted by atomic mass is 10.0. The fourth-order valence-electron chi connectivity index (χ4n) is 2.69. The minimum absolute atomic E-state index is 0.244. The molecule has 0 amide bonds. The molecule has 0 saturated carbocycles. The van der Waals surface area contributed by atoms with Gasteiger partial charge in [0.15, 0.2) is 0 Å². The Morgan fingerprint density at radius 1 is 1.12 bits per heavy atom. The molecule has 2 aromatic carbocycles. The number of nitrogens with zero attached hydrogens (tertiary/aromatic N) is 1. The number of carbonyl (C=O) groups excluding carboxylic acids is 1. The molecule has 5 nitrogen and oxygen atoms in total. The van der Waals surface area contributed by atoms with Gasteiger partial charge in [-0.15, -0.1) is 0 Å². The number of ether oxygens (including phenoxy) is 3. The third kappa shape index (κ3) is 5.41. The van der Waals surface area contributed by atoms with Gasteiger partial charge < -0.3 is 19.1 Å². The highest BCUT2D eigenvalue weighted by molar-refractivity contribution is 5.64. The first-order valence-corrected chi connectivity index (χ1v) is 8.87. The van der Waals surface area contributed by atoms with E-state index in [0.29, 0.717) is 12.3 Å². The van der Waals surface area contributed by atoms with E-state index in [-0.39, 0.29) is 12.5 Å². The van der Waals surface area contributed by atoms with E-state index in [1.54, 1.807) is 13.2 Å². The summed E-state index contributed by atoms with van der Waals surface area (Å²) in [4.78, 5) is 14.1. The van der Waals surface area contributed by atoms with Gasteiger partial charge in [-0.1, -0.05) is 38.1 Å². The average Bonchev–Trinajstić information content (AvgIpc) is 2.65. The lowest BCUT2D eigenvalue weighted by Crippen LogP contribution is -2.28. The largest absolute Gasteiger partial charge is 0.513 e. The lowest BCUT2D eigenvalue weighted by Gasteiger charge is -2.23. The Morgan fingerprint density at radius 2 is 1.88 bits per heavy atom. The molecule has 5 heteroatoms. The number of methoxy groups -OCH3 is 1. The molecule has 0 spiro atoms. The Hall–Kier alpha value is -2.69. The first-order chi connectivity index (χ1) is 12.5. The zero-order valence-corrected chi connectivity index (χ0v) is 15.9. The minimum Gasteiger partial charge on any atom is -0.497 e. The van der Waals surface area contributed by atoms with Crippen LogP contribution in [0.1, 0.15) is 32.3 Å². The Kier molecular flexibility index (Phi) is 7.33. The van der Waals surface area contributed by atoms with Gasteiger partial charge in [-0.25, -0.2) is 4.79 Å². The summed E-state index contributed by atoms with van der Waals surface area (Å²) in [5, 5.41) is 0. The van der Waals surface area contributed by atoms with E-state index >= 15 is 0 Å². The maximum absolute atomic E-state index is 12.0. The van der Waals surface area contributed by atoms with Gasteiger partial charge in [0.05, 0.1) is 13.7 Å². The Balaban J connectivity index is 1.89. The van der Waals surface area contributed by atoms with Gasteiger partial charge in [-0.3, -0.25) is 0 Å². The molecule has 0 aromatic heterocycles. The molecule has 0 saturated heterocycles. The smallest absolute Gasteiger partial charge is 0.497 e. The predicted octanol–water partition coefficient (Wildman–Crippen LogP) is 4.86. The fourth-order valence-corrected chi connectivity index (χ4v) is 2.69. The molecule has 2 aromatic rings. The van der Waals surface area contributed by atoms with Crippen LogP contribution < -0.4 is 14.4 Å². The van der Waals surface area contributed by atoms with Gasteiger partial charge in [-0.2, -0.15) is 0 Å². The van der Waals surface area contributed by atoms with Crippen LogP contribution in [0.2, 0.25) is 0 Å². The summed E-state index contributed by atoms with van der Waals surface area (Å²) in [6.45, 7) is 7.78. The minimum atomic E-state index is -0.681. The third-order valence-electron chi connectivity index (χ3n) is 4.12. The number of hydrogen-bond donors (Lipinski definition) is 0. The quantitative estimate of drug-likeness (QED) is 0.499. The first-order valence-electron chi connectivity index (χ1n) is 8.87. The van der Waals surface area contributed by atoms with Crippen molar-refractivity contribution in [1.29, 1.82) is 0 Å². The average molecular weight is 357 g/mol. The molecule has 0 unspecified atom stereocenters. The molecule has 2 rings (SSSR count). The van der Waals surface area contributed by atoms with Crippen LogP contribution in [0.15, 0.2) is 48.5 Å². The number of carbonyl (C=O) groups is 1. The molecule has 0 bridgehead atoms. The summed E-state index contributed by atoms with van der Waals surface area (Å²) in [7, 11) is 1.64. The van der Waals surface area contributed by atoms with E-state index in [1.165, 1.54) is 0 Å². The number of hydrogen-bond acceptors (Lipinski definition) is 5. The van der Waals surface area contributed by atoms with Crippen LogP contribution in [0.4, 0.5) is 10.5 Å². The molecule has 140 valence electrons. The molecule has 0 radical (unpaired) electrons. The maximum atomic E-state index is 12.0. The molecule has 0 N–H and O–H groups in total. The van der Waals surface area contributed by atoms with E-state index in [0.717, 1.165) is 23.5 Å². The molecule has 26 heavy (non-hydrogen) atoms. The molecule has 0 heterocycles. The zero-order valence-electron chi connectivity index (χ0n) is 15.9. The normalized spacial score (nSPS) is 10.5. The SMILES string of the molecule is CCN(CCOC(=O)Oc1ccccc1C(C)C)c1cccc(OC)c1.